The van der Waals surface area contributed by atoms with Gasteiger partial charge in [-0.1, -0.05) is 114 Å². The first-order valence-electron chi connectivity index (χ1n) is 15.3. The molecule has 206 valence electrons. The van der Waals surface area contributed by atoms with E-state index in [1.807, 2.05) is 6.92 Å². The molecule has 38 heavy (non-hydrogen) atoms. The predicted octanol–water partition coefficient (Wildman–Crippen LogP) is 9.94. The molecule has 3 nitrogen and oxygen atoms in total. The van der Waals surface area contributed by atoms with E-state index in [1.54, 1.807) is 6.92 Å². The highest BCUT2D eigenvalue weighted by molar-refractivity contribution is 5.79. The monoisotopic (exact) mass is 515 g/mol. The Morgan fingerprint density at radius 2 is 1.34 bits per heavy atom. The van der Waals surface area contributed by atoms with Crippen LogP contribution in [0.5, 0.6) is 0 Å². The van der Waals surface area contributed by atoms with Gasteiger partial charge in [0.25, 0.3) is 0 Å². The third kappa shape index (κ3) is 9.00. The van der Waals surface area contributed by atoms with Crippen molar-refractivity contribution in [2.45, 2.75) is 129 Å². The summed E-state index contributed by atoms with van der Waals surface area (Å²) in [6.45, 7) is 5.81. The molecule has 0 heterocycles. The van der Waals surface area contributed by atoms with E-state index in [0.717, 1.165) is 25.7 Å². The SMILES string of the molecule is CCCCCCCCCCCc1ccc(-c2ccc(C3CCC(OC(=O)C(C)(C#N)CC)CC3)cc2)cc1. The molecule has 0 radical (unpaired) electrons. The standard InChI is InChI=1S/C35H49NO2/c1-4-6-7-8-9-10-11-12-13-14-28-15-17-29(18-16-28)30-19-21-31(22-20-30)32-23-25-33(26-24-32)38-34(37)35(3,5-2)27-36/h15-22,32-33H,4-14,23-26H2,1-3H3. The van der Waals surface area contributed by atoms with E-state index in [-0.39, 0.29) is 12.1 Å². The number of hydrogen-bond donors (Lipinski definition) is 0. The Labute approximate surface area is 232 Å². The third-order valence-electron chi connectivity index (χ3n) is 8.59. The maximum atomic E-state index is 12.4. The molecule has 0 bridgehead atoms. The van der Waals surface area contributed by atoms with E-state index in [0.29, 0.717) is 12.3 Å². The van der Waals surface area contributed by atoms with Crippen molar-refractivity contribution < 1.29 is 9.53 Å². The van der Waals surface area contributed by atoms with Crippen molar-refractivity contribution in [3.05, 3.63) is 59.7 Å². The average Bonchev–Trinajstić information content (AvgIpc) is 2.96. The number of nitriles is 1. The second-order valence-corrected chi connectivity index (χ2v) is 11.6. The second kappa shape index (κ2) is 15.7. The van der Waals surface area contributed by atoms with E-state index in [9.17, 15) is 10.1 Å². The zero-order chi connectivity index (χ0) is 27.2. The maximum Gasteiger partial charge on any atom is 0.326 e. The van der Waals surface area contributed by atoms with Crippen molar-refractivity contribution in [3.63, 3.8) is 0 Å². The Morgan fingerprint density at radius 1 is 0.816 bits per heavy atom. The minimum Gasteiger partial charge on any atom is -0.461 e. The fourth-order valence-corrected chi connectivity index (χ4v) is 5.52. The normalized spacial score (nSPS) is 18.9. The van der Waals surface area contributed by atoms with Crippen molar-refractivity contribution in [1.82, 2.24) is 0 Å². The maximum absolute atomic E-state index is 12.4. The Balaban J connectivity index is 1.39. The number of hydrogen-bond acceptors (Lipinski definition) is 3. The van der Waals surface area contributed by atoms with Gasteiger partial charge in [0.05, 0.1) is 6.07 Å². The van der Waals surface area contributed by atoms with E-state index in [4.69, 9.17) is 4.74 Å². The fourth-order valence-electron chi connectivity index (χ4n) is 5.52. The Bertz CT molecular complexity index is 996. The number of benzene rings is 2. The first kappa shape index (κ1) is 29.9. The molecule has 1 aliphatic carbocycles. The van der Waals surface area contributed by atoms with Crippen molar-refractivity contribution in [2.75, 3.05) is 0 Å². The van der Waals surface area contributed by atoms with Crippen LogP contribution < -0.4 is 0 Å². The lowest BCUT2D eigenvalue weighted by Crippen LogP contribution is -2.33. The summed E-state index contributed by atoms with van der Waals surface area (Å²) in [6, 6.07) is 20.3. The second-order valence-electron chi connectivity index (χ2n) is 11.6. The lowest BCUT2D eigenvalue weighted by Gasteiger charge is -2.30. The molecule has 0 aliphatic heterocycles. The number of ether oxygens (including phenoxy) is 1. The molecule has 3 rings (SSSR count). The summed E-state index contributed by atoms with van der Waals surface area (Å²) in [7, 11) is 0. The molecule has 0 aromatic heterocycles. The van der Waals surface area contributed by atoms with Crippen molar-refractivity contribution in [1.29, 1.82) is 5.26 Å². The Hall–Kier alpha value is -2.60. The van der Waals surface area contributed by atoms with E-state index in [2.05, 4.69) is 61.5 Å². The van der Waals surface area contributed by atoms with Gasteiger partial charge in [0.2, 0.25) is 0 Å². The Kier molecular flexibility index (Phi) is 12.4. The van der Waals surface area contributed by atoms with Crippen LogP contribution in [0.4, 0.5) is 0 Å². The lowest BCUT2D eigenvalue weighted by molar-refractivity contribution is -0.159. The molecule has 1 fully saturated rings. The van der Waals surface area contributed by atoms with Crippen LogP contribution in [-0.2, 0) is 16.0 Å². The highest BCUT2D eigenvalue weighted by atomic mass is 16.5. The van der Waals surface area contributed by atoms with Crippen LogP contribution in [0.15, 0.2) is 48.5 Å². The molecule has 2 aromatic carbocycles. The zero-order valence-electron chi connectivity index (χ0n) is 24.1. The predicted molar refractivity (Wildman–Crippen MR) is 158 cm³/mol. The Morgan fingerprint density at radius 3 is 1.87 bits per heavy atom. The highest BCUT2D eigenvalue weighted by Gasteiger charge is 2.35. The van der Waals surface area contributed by atoms with Crippen molar-refractivity contribution >= 4 is 5.97 Å². The summed E-state index contributed by atoms with van der Waals surface area (Å²) in [4.78, 5) is 12.4. The number of unbranched alkanes of at least 4 members (excludes halogenated alkanes) is 8. The summed E-state index contributed by atoms with van der Waals surface area (Å²) in [5, 5.41) is 9.33. The van der Waals surface area contributed by atoms with Crippen LogP contribution in [0, 0.1) is 16.7 Å². The summed E-state index contributed by atoms with van der Waals surface area (Å²) in [6.07, 6.45) is 17.7. The molecule has 1 atom stereocenters. The van der Waals surface area contributed by atoms with Crippen LogP contribution in [0.25, 0.3) is 11.1 Å². The summed E-state index contributed by atoms with van der Waals surface area (Å²) < 4.78 is 5.71. The molecular weight excluding hydrogens is 466 g/mol. The molecule has 0 N–H and O–H groups in total. The number of rotatable bonds is 15. The van der Waals surface area contributed by atoms with E-state index < -0.39 is 5.41 Å². The molecule has 0 amide bonds. The van der Waals surface area contributed by atoms with Crippen LogP contribution in [0.1, 0.15) is 128 Å². The van der Waals surface area contributed by atoms with Gasteiger partial charge < -0.3 is 4.74 Å². The molecule has 0 saturated heterocycles. The minimum atomic E-state index is -1.03. The largest absolute Gasteiger partial charge is 0.461 e. The molecule has 1 saturated carbocycles. The topological polar surface area (TPSA) is 50.1 Å². The highest BCUT2D eigenvalue weighted by Crippen LogP contribution is 2.36. The van der Waals surface area contributed by atoms with Gasteiger partial charge in [0.1, 0.15) is 6.10 Å². The average molecular weight is 516 g/mol. The third-order valence-corrected chi connectivity index (χ3v) is 8.59. The molecule has 3 heteroatoms. The fraction of sp³-hybridized carbons (Fsp3) is 0.600. The smallest absolute Gasteiger partial charge is 0.326 e. The number of esters is 1. The van der Waals surface area contributed by atoms with Crippen molar-refractivity contribution in [2.24, 2.45) is 5.41 Å². The van der Waals surface area contributed by atoms with Gasteiger partial charge >= 0.3 is 5.97 Å². The molecule has 1 unspecified atom stereocenters. The van der Waals surface area contributed by atoms with Crippen LogP contribution >= 0.6 is 0 Å². The number of nitrogens with zero attached hydrogens (tertiary/aromatic N) is 1. The number of carbonyl (C=O) groups is 1. The van der Waals surface area contributed by atoms with Gasteiger partial charge in [-0.05, 0) is 80.0 Å². The van der Waals surface area contributed by atoms with Gasteiger partial charge in [-0.25, -0.2) is 0 Å². The minimum absolute atomic E-state index is 0.0636. The lowest BCUT2D eigenvalue weighted by atomic mass is 9.82. The van der Waals surface area contributed by atoms with Gasteiger partial charge in [-0.3, -0.25) is 4.79 Å². The van der Waals surface area contributed by atoms with Crippen LogP contribution in [-0.4, -0.2) is 12.1 Å². The van der Waals surface area contributed by atoms with Gasteiger partial charge in [-0.15, -0.1) is 0 Å². The molecule has 0 spiro atoms. The van der Waals surface area contributed by atoms with Gasteiger partial charge in [0.15, 0.2) is 5.41 Å². The first-order chi connectivity index (χ1) is 18.5. The first-order valence-corrected chi connectivity index (χ1v) is 15.3. The summed E-state index contributed by atoms with van der Waals surface area (Å²) in [5.41, 5.74) is 4.33. The number of aryl methyl sites for hydroxylation is 1. The van der Waals surface area contributed by atoms with Crippen LogP contribution in [0.3, 0.4) is 0 Å². The summed E-state index contributed by atoms with van der Waals surface area (Å²) >= 11 is 0. The zero-order valence-corrected chi connectivity index (χ0v) is 24.1. The molecular formula is C35H49NO2. The molecule has 2 aromatic rings. The van der Waals surface area contributed by atoms with Gasteiger partial charge in [0, 0.05) is 0 Å². The van der Waals surface area contributed by atoms with E-state index >= 15 is 0 Å². The quantitative estimate of drug-likeness (QED) is 0.175. The van der Waals surface area contributed by atoms with E-state index in [1.165, 1.54) is 86.5 Å². The van der Waals surface area contributed by atoms with Crippen molar-refractivity contribution in [3.8, 4) is 17.2 Å². The molecule has 1 aliphatic rings. The number of carbonyl (C=O) groups excluding carboxylic acids is 1. The van der Waals surface area contributed by atoms with Crippen LogP contribution in [0.2, 0.25) is 0 Å². The summed E-state index contributed by atoms with van der Waals surface area (Å²) in [5.74, 6) is 0.140. The van der Waals surface area contributed by atoms with Gasteiger partial charge in [-0.2, -0.15) is 5.26 Å².